The van der Waals surface area contributed by atoms with Crippen LogP contribution in [0.4, 0.5) is 5.69 Å². The van der Waals surface area contributed by atoms with Crippen molar-refractivity contribution in [1.82, 2.24) is 0 Å². The van der Waals surface area contributed by atoms with Crippen LogP contribution in [0.2, 0.25) is 0 Å². The number of amides is 1. The predicted molar refractivity (Wildman–Crippen MR) is 93.8 cm³/mol. The number of phenols is 1. The Balaban J connectivity index is 1.63. The lowest BCUT2D eigenvalue weighted by molar-refractivity contribution is -0.123. The first kappa shape index (κ1) is 17.6. The van der Waals surface area contributed by atoms with E-state index in [0.717, 1.165) is 5.56 Å². The Hall–Kier alpha value is -3.22. The number of esters is 1. The average molecular weight is 357 g/mol. The van der Waals surface area contributed by atoms with Crippen molar-refractivity contribution < 1.29 is 28.9 Å². The average Bonchev–Trinajstić information content (AvgIpc) is 2.61. The fourth-order valence-electron chi connectivity index (χ4n) is 2.46. The number of carbonyl (C=O) groups excluding carboxylic acids is 2. The van der Waals surface area contributed by atoms with E-state index in [-0.39, 0.29) is 11.3 Å². The first-order chi connectivity index (χ1) is 12.4. The van der Waals surface area contributed by atoms with Crippen LogP contribution >= 0.6 is 0 Å². The van der Waals surface area contributed by atoms with Crippen molar-refractivity contribution in [3.8, 4) is 17.2 Å². The Bertz CT molecular complexity index is 848. The van der Waals surface area contributed by atoms with E-state index < -0.39 is 18.0 Å². The second-order valence-electron chi connectivity index (χ2n) is 5.92. The molecule has 1 amide bonds. The van der Waals surface area contributed by atoms with Crippen molar-refractivity contribution in [2.45, 2.75) is 20.0 Å². The van der Waals surface area contributed by atoms with Crippen LogP contribution in [0.3, 0.4) is 0 Å². The molecule has 0 bridgehead atoms. The summed E-state index contributed by atoms with van der Waals surface area (Å²) in [4.78, 5) is 24.4. The zero-order valence-electron chi connectivity index (χ0n) is 14.4. The Labute approximate surface area is 150 Å². The summed E-state index contributed by atoms with van der Waals surface area (Å²) >= 11 is 0. The number of anilines is 1. The molecule has 2 N–H and O–H groups in total. The van der Waals surface area contributed by atoms with Gasteiger partial charge in [-0.25, -0.2) is 4.79 Å². The molecule has 0 saturated carbocycles. The van der Waals surface area contributed by atoms with E-state index in [1.165, 1.54) is 19.1 Å². The Morgan fingerprint density at radius 2 is 1.85 bits per heavy atom. The number of rotatable bonds is 4. The molecule has 26 heavy (non-hydrogen) atoms. The molecular weight excluding hydrogens is 338 g/mol. The number of hydrogen-bond donors (Lipinski definition) is 2. The minimum absolute atomic E-state index is 0.00887. The van der Waals surface area contributed by atoms with Crippen molar-refractivity contribution in [1.29, 1.82) is 0 Å². The highest BCUT2D eigenvalue weighted by atomic mass is 16.6. The zero-order valence-corrected chi connectivity index (χ0v) is 14.4. The molecule has 3 rings (SSSR count). The number of phenolic OH excluding ortho intramolecular Hbond substituents is 1. The zero-order chi connectivity index (χ0) is 18.7. The van der Waals surface area contributed by atoms with Gasteiger partial charge in [0.1, 0.15) is 24.5 Å². The molecule has 2 aromatic rings. The van der Waals surface area contributed by atoms with Gasteiger partial charge >= 0.3 is 5.97 Å². The van der Waals surface area contributed by atoms with Crippen molar-refractivity contribution in [2.75, 3.05) is 18.5 Å². The third-order valence-corrected chi connectivity index (χ3v) is 3.84. The number of carbonyl (C=O) groups is 2. The highest BCUT2D eigenvalue weighted by Crippen LogP contribution is 2.32. The van der Waals surface area contributed by atoms with Crippen LogP contribution in [-0.2, 0) is 9.53 Å². The number of benzene rings is 2. The van der Waals surface area contributed by atoms with E-state index in [1.54, 1.807) is 31.2 Å². The molecule has 2 aromatic carbocycles. The normalized spacial score (nSPS) is 13.6. The van der Waals surface area contributed by atoms with Gasteiger partial charge in [-0.15, -0.1) is 0 Å². The van der Waals surface area contributed by atoms with Gasteiger partial charge < -0.3 is 24.6 Å². The summed E-state index contributed by atoms with van der Waals surface area (Å²) in [7, 11) is 0. The van der Waals surface area contributed by atoms with Crippen LogP contribution in [0.15, 0.2) is 36.4 Å². The van der Waals surface area contributed by atoms with Gasteiger partial charge in [0.05, 0.1) is 0 Å². The second-order valence-corrected chi connectivity index (χ2v) is 5.92. The van der Waals surface area contributed by atoms with Gasteiger partial charge in [0.15, 0.2) is 17.6 Å². The summed E-state index contributed by atoms with van der Waals surface area (Å²) in [6, 6.07) is 9.61. The number of aromatic hydroxyl groups is 1. The molecule has 1 aliphatic rings. The van der Waals surface area contributed by atoms with Crippen molar-refractivity contribution in [3.05, 3.63) is 47.5 Å². The number of nitrogens with one attached hydrogen (secondary N) is 1. The van der Waals surface area contributed by atoms with Crippen molar-refractivity contribution >= 4 is 17.6 Å². The molecule has 0 fully saturated rings. The third-order valence-electron chi connectivity index (χ3n) is 3.84. The fourth-order valence-corrected chi connectivity index (χ4v) is 2.46. The Kier molecular flexibility index (Phi) is 4.97. The molecule has 0 saturated heterocycles. The maximum absolute atomic E-state index is 12.3. The van der Waals surface area contributed by atoms with Crippen LogP contribution in [0.1, 0.15) is 22.8 Å². The number of fused-ring (bicyclic) bond motifs is 1. The van der Waals surface area contributed by atoms with Gasteiger partial charge in [0, 0.05) is 11.8 Å². The van der Waals surface area contributed by atoms with E-state index >= 15 is 0 Å². The van der Waals surface area contributed by atoms with Crippen LogP contribution in [0.5, 0.6) is 17.2 Å². The third kappa shape index (κ3) is 3.88. The van der Waals surface area contributed by atoms with E-state index in [0.29, 0.717) is 30.4 Å². The summed E-state index contributed by atoms with van der Waals surface area (Å²) < 4.78 is 16.0. The van der Waals surface area contributed by atoms with Gasteiger partial charge in [0.2, 0.25) is 0 Å². The van der Waals surface area contributed by atoms with Crippen LogP contribution in [0.25, 0.3) is 0 Å². The molecule has 1 heterocycles. The summed E-state index contributed by atoms with van der Waals surface area (Å²) in [5.41, 5.74) is 1.32. The second kappa shape index (κ2) is 7.35. The number of aryl methyl sites for hydroxylation is 1. The lowest BCUT2D eigenvalue weighted by Crippen LogP contribution is -2.30. The lowest BCUT2D eigenvalue weighted by Gasteiger charge is -2.19. The van der Waals surface area contributed by atoms with Crippen LogP contribution in [0, 0.1) is 6.92 Å². The molecule has 136 valence electrons. The summed E-state index contributed by atoms with van der Waals surface area (Å²) in [5.74, 6) is -0.296. The van der Waals surface area contributed by atoms with E-state index in [1.807, 2.05) is 0 Å². The molecule has 0 spiro atoms. The van der Waals surface area contributed by atoms with E-state index in [9.17, 15) is 14.7 Å². The van der Waals surface area contributed by atoms with Crippen LogP contribution < -0.4 is 14.8 Å². The SMILES string of the molecule is Cc1ccc(C(=O)O[C@@H](C)C(=O)Nc2ccc3c(c2)OCCO3)c(O)c1. The predicted octanol–water partition coefficient (Wildman–Crippen LogP) is 2.66. The molecule has 1 aliphatic heterocycles. The lowest BCUT2D eigenvalue weighted by atomic mass is 10.1. The largest absolute Gasteiger partial charge is 0.507 e. The standard InChI is InChI=1S/C19H19NO6/c1-11-3-5-14(15(21)9-11)19(23)26-12(2)18(22)20-13-4-6-16-17(10-13)25-8-7-24-16/h3-6,9-10,12,21H,7-8H2,1-2H3,(H,20,22)/t12-/m0/s1. The molecule has 1 atom stereocenters. The molecular formula is C19H19NO6. The van der Waals surface area contributed by atoms with Crippen molar-refractivity contribution in [3.63, 3.8) is 0 Å². The highest BCUT2D eigenvalue weighted by molar-refractivity contribution is 5.98. The molecule has 0 unspecified atom stereocenters. The molecule has 0 aromatic heterocycles. The molecule has 7 nitrogen and oxygen atoms in total. The Morgan fingerprint density at radius 3 is 2.58 bits per heavy atom. The fraction of sp³-hybridized carbons (Fsp3) is 0.263. The van der Waals surface area contributed by atoms with Gasteiger partial charge in [-0.3, -0.25) is 4.79 Å². The quantitative estimate of drug-likeness (QED) is 0.817. The number of ether oxygens (including phenoxy) is 3. The van der Waals surface area contributed by atoms with E-state index in [4.69, 9.17) is 14.2 Å². The molecule has 7 heteroatoms. The van der Waals surface area contributed by atoms with Gasteiger partial charge in [-0.05, 0) is 43.7 Å². The first-order valence-corrected chi connectivity index (χ1v) is 8.15. The van der Waals surface area contributed by atoms with Gasteiger partial charge in [-0.2, -0.15) is 0 Å². The summed E-state index contributed by atoms with van der Waals surface area (Å²) in [6.07, 6.45) is -1.04. The van der Waals surface area contributed by atoms with Gasteiger partial charge in [0.25, 0.3) is 5.91 Å². The first-order valence-electron chi connectivity index (χ1n) is 8.15. The Morgan fingerprint density at radius 1 is 1.12 bits per heavy atom. The van der Waals surface area contributed by atoms with Crippen molar-refractivity contribution in [2.24, 2.45) is 0 Å². The van der Waals surface area contributed by atoms with Gasteiger partial charge in [-0.1, -0.05) is 6.07 Å². The number of hydrogen-bond acceptors (Lipinski definition) is 6. The summed E-state index contributed by atoms with van der Waals surface area (Å²) in [5, 5.41) is 12.5. The topological polar surface area (TPSA) is 94.1 Å². The van der Waals surface area contributed by atoms with E-state index in [2.05, 4.69) is 5.32 Å². The molecule has 0 aliphatic carbocycles. The van der Waals surface area contributed by atoms with Crippen LogP contribution in [-0.4, -0.2) is 36.3 Å². The highest BCUT2D eigenvalue weighted by Gasteiger charge is 2.22. The summed E-state index contributed by atoms with van der Waals surface area (Å²) in [6.45, 7) is 4.17. The minimum atomic E-state index is -1.04. The maximum atomic E-state index is 12.3. The minimum Gasteiger partial charge on any atom is -0.507 e. The monoisotopic (exact) mass is 357 g/mol. The maximum Gasteiger partial charge on any atom is 0.342 e. The molecule has 0 radical (unpaired) electrons. The smallest absolute Gasteiger partial charge is 0.342 e.